The number of hydrogen-bond donors (Lipinski definition) is 2. The van der Waals surface area contributed by atoms with Crippen LogP contribution >= 0.6 is 0 Å². The monoisotopic (exact) mass is 215 g/mol. The molecule has 0 bridgehead atoms. The summed E-state index contributed by atoms with van der Waals surface area (Å²) in [4.78, 5) is 4.65. The SMILES string of the molecule is CN1CCC(N(C)CC(O)CCN)CC1. The van der Waals surface area contributed by atoms with E-state index in [9.17, 15) is 5.11 Å². The second-order valence-electron chi connectivity index (χ2n) is 4.71. The summed E-state index contributed by atoms with van der Waals surface area (Å²) in [6.07, 6.45) is 2.86. The third kappa shape index (κ3) is 4.47. The van der Waals surface area contributed by atoms with Gasteiger partial charge in [0.25, 0.3) is 0 Å². The first kappa shape index (κ1) is 12.9. The maximum atomic E-state index is 9.67. The highest BCUT2D eigenvalue weighted by Gasteiger charge is 2.21. The summed E-state index contributed by atoms with van der Waals surface area (Å²) in [5.41, 5.74) is 5.42. The van der Waals surface area contributed by atoms with E-state index in [1.165, 1.54) is 25.9 Å². The van der Waals surface area contributed by atoms with Crippen molar-refractivity contribution in [1.82, 2.24) is 9.80 Å². The van der Waals surface area contributed by atoms with Gasteiger partial charge in [0.2, 0.25) is 0 Å². The average Bonchev–Trinajstić information content (AvgIpc) is 2.18. The fraction of sp³-hybridized carbons (Fsp3) is 1.00. The van der Waals surface area contributed by atoms with Crippen LogP contribution in [0.4, 0.5) is 0 Å². The Balaban J connectivity index is 2.24. The lowest BCUT2D eigenvalue weighted by Crippen LogP contribution is -2.44. The molecule has 0 saturated carbocycles. The van der Waals surface area contributed by atoms with Gasteiger partial charge in [-0.3, -0.25) is 0 Å². The van der Waals surface area contributed by atoms with Gasteiger partial charge in [0.15, 0.2) is 0 Å². The first-order valence-electron chi connectivity index (χ1n) is 5.90. The largest absolute Gasteiger partial charge is 0.392 e. The van der Waals surface area contributed by atoms with E-state index >= 15 is 0 Å². The Bertz CT molecular complexity index is 169. The van der Waals surface area contributed by atoms with Crippen molar-refractivity contribution in [3.05, 3.63) is 0 Å². The van der Waals surface area contributed by atoms with Crippen molar-refractivity contribution < 1.29 is 5.11 Å². The van der Waals surface area contributed by atoms with Crippen molar-refractivity contribution in [2.24, 2.45) is 5.73 Å². The summed E-state index contributed by atoms with van der Waals surface area (Å²) in [7, 11) is 4.27. The number of likely N-dealkylation sites (tertiary alicyclic amines) is 1. The van der Waals surface area contributed by atoms with Crippen LogP contribution in [-0.2, 0) is 0 Å². The van der Waals surface area contributed by atoms with Crippen LogP contribution in [0, 0.1) is 0 Å². The summed E-state index contributed by atoms with van der Waals surface area (Å²) in [6, 6.07) is 0.633. The molecule has 0 amide bonds. The molecule has 0 aromatic carbocycles. The number of nitrogens with two attached hydrogens (primary N) is 1. The van der Waals surface area contributed by atoms with E-state index in [-0.39, 0.29) is 6.10 Å². The van der Waals surface area contributed by atoms with Gasteiger partial charge >= 0.3 is 0 Å². The Morgan fingerprint density at radius 1 is 1.47 bits per heavy atom. The fourth-order valence-electron chi connectivity index (χ4n) is 2.20. The van der Waals surface area contributed by atoms with Crippen molar-refractivity contribution in [1.29, 1.82) is 0 Å². The lowest BCUT2D eigenvalue weighted by molar-refractivity contribution is 0.0758. The molecule has 1 aliphatic heterocycles. The van der Waals surface area contributed by atoms with E-state index < -0.39 is 0 Å². The van der Waals surface area contributed by atoms with Crippen molar-refractivity contribution >= 4 is 0 Å². The molecule has 4 heteroatoms. The van der Waals surface area contributed by atoms with Gasteiger partial charge in [0.05, 0.1) is 6.10 Å². The van der Waals surface area contributed by atoms with Crippen LogP contribution in [0.1, 0.15) is 19.3 Å². The molecule has 0 aliphatic carbocycles. The molecule has 1 saturated heterocycles. The predicted molar refractivity (Wildman–Crippen MR) is 62.8 cm³/mol. The zero-order chi connectivity index (χ0) is 11.3. The third-order valence-corrected chi connectivity index (χ3v) is 3.31. The number of rotatable bonds is 5. The summed E-state index contributed by atoms with van der Waals surface area (Å²) in [6.45, 7) is 3.66. The minimum Gasteiger partial charge on any atom is -0.392 e. The molecule has 1 rings (SSSR count). The normalized spacial score (nSPS) is 22.2. The van der Waals surface area contributed by atoms with Gasteiger partial charge in [-0.2, -0.15) is 0 Å². The number of piperidine rings is 1. The summed E-state index contributed by atoms with van der Waals surface area (Å²) in [5, 5.41) is 9.67. The molecule has 0 aromatic heterocycles. The standard InChI is InChI=1S/C11H25N3O/c1-13-7-4-10(5-8-13)14(2)9-11(15)3-6-12/h10-11,15H,3-9,12H2,1-2H3. The van der Waals surface area contributed by atoms with E-state index in [2.05, 4.69) is 23.9 Å². The third-order valence-electron chi connectivity index (χ3n) is 3.31. The molecule has 3 N–H and O–H groups in total. The summed E-state index contributed by atoms with van der Waals surface area (Å²) < 4.78 is 0. The molecule has 4 nitrogen and oxygen atoms in total. The fourth-order valence-corrected chi connectivity index (χ4v) is 2.20. The highest BCUT2D eigenvalue weighted by Crippen LogP contribution is 2.14. The molecule has 0 spiro atoms. The minimum atomic E-state index is -0.264. The molecular weight excluding hydrogens is 190 g/mol. The van der Waals surface area contributed by atoms with Crippen molar-refractivity contribution in [3.8, 4) is 0 Å². The zero-order valence-electron chi connectivity index (χ0n) is 10.0. The quantitative estimate of drug-likeness (QED) is 0.662. The number of likely N-dealkylation sites (N-methyl/N-ethyl adjacent to an activating group) is 1. The second kappa shape index (κ2) is 6.43. The van der Waals surface area contributed by atoms with Crippen molar-refractivity contribution in [3.63, 3.8) is 0 Å². The van der Waals surface area contributed by atoms with Gasteiger partial charge in [0, 0.05) is 12.6 Å². The number of aliphatic hydroxyl groups excluding tert-OH is 1. The van der Waals surface area contributed by atoms with Gasteiger partial charge in [0.1, 0.15) is 0 Å². The van der Waals surface area contributed by atoms with Crippen LogP contribution < -0.4 is 5.73 Å². The molecule has 0 aromatic rings. The van der Waals surface area contributed by atoms with Crippen LogP contribution in [0.3, 0.4) is 0 Å². The van der Waals surface area contributed by atoms with Crippen LogP contribution in [-0.4, -0.2) is 67.3 Å². The lowest BCUT2D eigenvalue weighted by atomic mass is 10.0. The van der Waals surface area contributed by atoms with Crippen molar-refractivity contribution in [2.75, 3.05) is 40.3 Å². The van der Waals surface area contributed by atoms with E-state index in [1.54, 1.807) is 0 Å². The number of aliphatic hydroxyl groups is 1. The smallest absolute Gasteiger partial charge is 0.0679 e. The van der Waals surface area contributed by atoms with E-state index in [1.807, 2.05) is 0 Å². The lowest BCUT2D eigenvalue weighted by Gasteiger charge is -2.35. The van der Waals surface area contributed by atoms with Crippen molar-refractivity contribution in [2.45, 2.75) is 31.4 Å². The molecular formula is C11H25N3O. The maximum Gasteiger partial charge on any atom is 0.0679 e. The topological polar surface area (TPSA) is 52.7 Å². The first-order chi connectivity index (χ1) is 7.13. The van der Waals surface area contributed by atoms with E-state index in [4.69, 9.17) is 5.73 Å². The van der Waals surface area contributed by atoms with Crippen LogP contribution in [0.25, 0.3) is 0 Å². The number of nitrogens with zero attached hydrogens (tertiary/aromatic N) is 2. The molecule has 1 fully saturated rings. The first-order valence-corrected chi connectivity index (χ1v) is 5.90. The average molecular weight is 215 g/mol. The molecule has 0 radical (unpaired) electrons. The highest BCUT2D eigenvalue weighted by atomic mass is 16.3. The minimum absolute atomic E-state index is 0.264. The Labute approximate surface area is 93.0 Å². The van der Waals surface area contributed by atoms with Crippen LogP contribution in [0.5, 0.6) is 0 Å². The number of hydrogen-bond acceptors (Lipinski definition) is 4. The Morgan fingerprint density at radius 3 is 2.60 bits per heavy atom. The predicted octanol–water partition coefficient (Wildman–Crippen LogP) is -0.278. The maximum absolute atomic E-state index is 9.67. The van der Waals surface area contributed by atoms with E-state index in [0.29, 0.717) is 19.0 Å². The highest BCUT2D eigenvalue weighted by molar-refractivity contribution is 4.78. The molecule has 1 unspecified atom stereocenters. The second-order valence-corrected chi connectivity index (χ2v) is 4.71. The molecule has 90 valence electrons. The Hall–Kier alpha value is -0.160. The van der Waals surface area contributed by atoms with Gasteiger partial charge in [-0.1, -0.05) is 0 Å². The van der Waals surface area contributed by atoms with E-state index in [0.717, 1.165) is 6.54 Å². The Kier molecular flexibility index (Phi) is 5.53. The van der Waals surface area contributed by atoms with Gasteiger partial charge in [-0.05, 0) is 53.0 Å². The van der Waals surface area contributed by atoms with Gasteiger partial charge in [-0.15, -0.1) is 0 Å². The summed E-state index contributed by atoms with van der Waals surface area (Å²) >= 11 is 0. The molecule has 1 heterocycles. The van der Waals surface area contributed by atoms with Gasteiger partial charge in [-0.25, -0.2) is 0 Å². The molecule has 15 heavy (non-hydrogen) atoms. The zero-order valence-corrected chi connectivity index (χ0v) is 10.0. The molecule has 1 atom stereocenters. The summed E-state index contributed by atoms with van der Waals surface area (Å²) in [5.74, 6) is 0. The van der Waals surface area contributed by atoms with Crippen LogP contribution in [0.2, 0.25) is 0 Å². The molecule has 1 aliphatic rings. The van der Waals surface area contributed by atoms with Crippen LogP contribution in [0.15, 0.2) is 0 Å². The Morgan fingerprint density at radius 2 is 2.07 bits per heavy atom. The van der Waals surface area contributed by atoms with Gasteiger partial charge < -0.3 is 20.6 Å².